The van der Waals surface area contributed by atoms with E-state index in [0.29, 0.717) is 25.8 Å². The monoisotopic (exact) mass is 428 g/mol. The van der Waals surface area contributed by atoms with Crippen molar-refractivity contribution >= 4 is 15.9 Å². The van der Waals surface area contributed by atoms with Crippen molar-refractivity contribution in [2.45, 2.75) is 53.0 Å². The Hall–Kier alpha value is -1.67. The first-order valence-corrected chi connectivity index (χ1v) is 11.8. The SMILES string of the molecule is CCCS(=O)(=O)N1CCCC(C(=O)NC(COc2ccccc2F)C(C)(C)C)C1. The minimum Gasteiger partial charge on any atom is -0.488 e. The van der Waals surface area contributed by atoms with Gasteiger partial charge in [0, 0.05) is 13.1 Å². The van der Waals surface area contributed by atoms with Gasteiger partial charge in [0.2, 0.25) is 15.9 Å². The topological polar surface area (TPSA) is 75.7 Å². The summed E-state index contributed by atoms with van der Waals surface area (Å²) >= 11 is 0. The van der Waals surface area contributed by atoms with Crippen molar-refractivity contribution in [2.24, 2.45) is 11.3 Å². The van der Waals surface area contributed by atoms with Gasteiger partial charge in [-0.05, 0) is 36.8 Å². The van der Waals surface area contributed by atoms with Crippen LogP contribution >= 0.6 is 0 Å². The van der Waals surface area contributed by atoms with Crippen LogP contribution < -0.4 is 10.1 Å². The van der Waals surface area contributed by atoms with E-state index in [1.54, 1.807) is 18.2 Å². The summed E-state index contributed by atoms with van der Waals surface area (Å²) in [5.41, 5.74) is -0.316. The molecule has 1 saturated heterocycles. The van der Waals surface area contributed by atoms with Gasteiger partial charge in [0.15, 0.2) is 11.6 Å². The zero-order chi connectivity index (χ0) is 21.7. The number of benzene rings is 1. The van der Waals surface area contributed by atoms with E-state index in [1.165, 1.54) is 10.4 Å². The van der Waals surface area contributed by atoms with E-state index in [1.807, 2.05) is 27.7 Å². The molecule has 6 nitrogen and oxygen atoms in total. The standard InChI is InChI=1S/C21H33FN2O4S/c1-5-13-29(26,27)24-12-8-9-16(14-24)20(25)23-19(21(2,3)4)15-28-18-11-7-6-10-17(18)22/h6-7,10-11,16,19H,5,8-9,12-15H2,1-4H3,(H,23,25). The van der Waals surface area contributed by atoms with Crippen molar-refractivity contribution in [2.75, 3.05) is 25.4 Å². The van der Waals surface area contributed by atoms with Gasteiger partial charge in [-0.2, -0.15) is 0 Å². The van der Waals surface area contributed by atoms with Gasteiger partial charge in [-0.1, -0.05) is 39.8 Å². The first-order chi connectivity index (χ1) is 13.5. The number of sulfonamides is 1. The van der Waals surface area contributed by atoms with Gasteiger partial charge >= 0.3 is 0 Å². The van der Waals surface area contributed by atoms with Gasteiger partial charge in [0.05, 0.1) is 17.7 Å². The maximum Gasteiger partial charge on any atom is 0.224 e. The van der Waals surface area contributed by atoms with Gasteiger partial charge in [-0.3, -0.25) is 4.79 Å². The number of para-hydroxylation sites is 1. The maximum atomic E-state index is 13.8. The average Bonchev–Trinajstić information content (AvgIpc) is 2.65. The molecule has 0 bridgehead atoms. The second-order valence-electron chi connectivity index (χ2n) is 8.68. The second kappa shape index (κ2) is 9.89. The third kappa shape index (κ3) is 6.67. The van der Waals surface area contributed by atoms with Gasteiger partial charge in [-0.15, -0.1) is 0 Å². The van der Waals surface area contributed by atoms with Crippen LogP contribution in [0.25, 0.3) is 0 Å². The lowest BCUT2D eigenvalue weighted by atomic mass is 9.86. The van der Waals surface area contributed by atoms with Crippen LogP contribution in [0.15, 0.2) is 24.3 Å². The zero-order valence-electron chi connectivity index (χ0n) is 17.8. The van der Waals surface area contributed by atoms with Crippen LogP contribution in [0, 0.1) is 17.2 Å². The largest absolute Gasteiger partial charge is 0.488 e. The fourth-order valence-corrected chi connectivity index (χ4v) is 4.92. The molecule has 1 aromatic carbocycles. The molecule has 2 unspecified atom stereocenters. The molecule has 164 valence electrons. The van der Waals surface area contributed by atoms with Crippen LogP contribution in [0.4, 0.5) is 4.39 Å². The highest BCUT2D eigenvalue weighted by Gasteiger charge is 2.34. The quantitative estimate of drug-likeness (QED) is 0.690. The predicted molar refractivity (Wildman–Crippen MR) is 112 cm³/mol. The Balaban J connectivity index is 2.03. The van der Waals surface area contributed by atoms with Crippen molar-refractivity contribution in [3.8, 4) is 5.75 Å². The molecule has 0 radical (unpaired) electrons. The van der Waals surface area contributed by atoms with E-state index < -0.39 is 21.8 Å². The van der Waals surface area contributed by atoms with E-state index in [4.69, 9.17) is 4.74 Å². The molecule has 2 rings (SSSR count). The number of piperidine rings is 1. The lowest BCUT2D eigenvalue weighted by Crippen LogP contribution is -2.52. The molecule has 0 aliphatic carbocycles. The van der Waals surface area contributed by atoms with Crippen LogP contribution in [0.1, 0.15) is 47.0 Å². The number of hydrogen-bond donors (Lipinski definition) is 1. The van der Waals surface area contributed by atoms with Crippen molar-refractivity contribution in [1.29, 1.82) is 0 Å². The predicted octanol–water partition coefficient (Wildman–Crippen LogP) is 3.19. The van der Waals surface area contributed by atoms with Crippen molar-refractivity contribution < 1.29 is 22.3 Å². The first-order valence-electron chi connectivity index (χ1n) is 10.2. The average molecular weight is 429 g/mol. The summed E-state index contributed by atoms with van der Waals surface area (Å²) < 4.78 is 45.6. The lowest BCUT2D eigenvalue weighted by molar-refractivity contribution is -0.128. The van der Waals surface area contributed by atoms with Gasteiger partial charge < -0.3 is 10.1 Å². The summed E-state index contributed by atoms with van der Waals surface area (Å²) in [6.07, 6.45) is 1.86. The molecule has 0 spiro atoms. The summed E-state index contributed by atoms with van der Waals surface area (Å²) in [4.78, 5) is 12.9. The molecule has 1 N–H and O–H groups in total. The van der Waals surface area contributed by atoms with E-state index in [-0.39, 0.29) is 42.0 Å². The fourth-order valence-electron chi connectivity index (χ4n) is 3.33. The first kappa shape index (κ1) is 23.6. The van der Waals surface area contributed by atoms with Crippen LogP contribution in [-0.4, -0.2) is 50.1 Å². The molecule has 1 heterocycles. The summed E-state index contributed by atoms with van der Waals surface area (Å²) in [6, 6.07) is 5.81. The molecule has 1 fully saturated rings. The van der Waals surface area contributed by atoms with E-state index in [0.717, 1.165) is 0 Å². The smallest absolute Gasteiger partial charge is 0.224 e. The summed E-state index contributed by atoms with van der Waals surface area (Å²) in [6.45, 7) is 8.55. The molecule has 2 atom stereocenters. The van der Waals surface area contributed by atoms with Crippen molar-refractivity contribution in [1.82, 2.24) is 9.62 Å². The summed E-state index contributed by atoms with van der Waals surface area (Å²) in [7, 11) is -3.32. The highest BCUT2D eigenvalue weighted by Crippen LogP contribution is 2.25. The Kier molecular flexibility index (Phi) is 8.05. The number of nitrogens with one attached hydrogen (secondary N) is 1. The Morgan fingerprint density at radius 3 is 2.66 bits per heavy atom. The van der Waals surface area contributed by atoms with E-state index in [2.05, 4.69) is 5.32 Å². The van der Waals surface area contributed by atoms with Crippen LogP contribution in [-0.2, 0) is 14.8 Å². The van der Waals surface area contributed by atoms with Crippen molar-refractivity contribution in [3.63, 3.8) is 0 Å². The minimum atomic E-state index is -3.32. The lowest BCUT2D eigenvalue weighted by Gasteiger charge is -2.35. The molecule has 1 aliphatic heterocycles. The number of nitrogens with zero attached hydrogens (tertiary/aromatic N) is 1. The number of carbonyl (C=O) groups excluding carboxylic acids is 1. The summed E-state index contributed by atoms with van der Waals surface area (Å²) in [5, 5.41) is 3.01. The van der Waals surface area contributed by atoms with Gasteiger partial charge in [0.25, 0.3) is 0 Å². The number of rotatable bonds is 8. The molecule has 1 aromatic rings. The molecule has 0 saturated carbocycles. The number of halogens is 1. The Labute approximate surface area is 173 Å². The molecule has 29 heavy (non-hydrogen) atoms. The summed E-state index contributed by atoms with van der Waals surface area (Å²) in [5.74, 6) is -0.782. The normalized spacial score (nSPS) is 19.6. The third-order valence-electron chi connectivity index (χ3n) is 5.21. The van der Waals surface area contributed by atoms with Crippen LogP contribution in [0.3, 0.4) is 0 Å². The molecular formula is C21H33FN2O4S. The Morgan fingerprint density at radius 2 is 2.03 bits per heavy atom. The van der Waals surface area contributed by atoms with Gasteiger partial charge in [0.1, 0.15) is 6.61 Å². The minimum absolute atomic E-state index is 0.0996. The second-order valence-corrected chi connectivity index (χ2v) is 10.8. The molecule has 0 aromatic heterocycles. The molecule has 8 heteroatoms. The molecular weight excluding hydrogens is 395 g/mol. The van der Waals surface area contributed by atoms with E-state index in [9.17, 15) is 17.6 Å². The number of amides is 1. The number of hydrogen-bond acceptors (Lipinski definition) is 4. The number of ether oxygens (including phenoxy) is 1. The fraction of sp³-hybridized carbons (Fsp3) is 0.667. The Morgan fingerprint density at radius 1 is 1.34 bits per heavy atom. The maximum absolute atomic E-state index is 13.8. The van der Waals surface area contributed by atoms with Crippen LogP contribution in [0.5, 0.6) is 5.75 Å². The van der Waals surface area contributed by atoms with Crippen LogP contribution in [0.2, 0.25) is 0 Å². The highest BCUT2D eigenvalue weighted by atomic mass is 32.2. The van der Waals surface area contributed by atoms with Gasteiger partial charge in [-0.25, -0.2) is 17.1 Å². The number of carbonyl (C=O) groups is 1. The Bertz CT molecular complexity index is 792. The molecule has 1 amide bonds. The van der Waals surface area contributed by atoms with E-state index >= 15 is 0 Å². The zero-order valence-corrected chi connectivity index (χ0v) is 18.6. The highest BCUT2D eigenvalue weighted by molar-refractivity contribution is 7.89. The van der Waals surface area contributed by atoms with Crippen molar-refractivity contribution in [3.05, 3.63) is 30.1 Å². The molecule has 1 aliphatic rings. The third-order valence-corrected chi connectivity index (χ3v) is 7.26.